The first-order chi connectivity index (χ1) is 8.61. The van der Waals surface area contributed by atoms with Crippen molar-refractivity contribution in [3.8, 4) is 0 Å². The van der Waals surface area contributed by atoms with Crippen LogP contribution in [0.25, 0.3) is 0 Å². The van der Waals surface area contributed by atoms with Crippen molar-refractivity contribution in [2.24, 2.45) is 5.73 Å². The summed E-state index contributed by atoms with van der Waals surface area (Å²) in [5.74, 6) is -2.24. The molecule has 0 saturated carbocycles. The van der Waals surface area contributed by atoms with Crippen molar-refractivity contribution in [1.82, 2.24) is 0 Å². The zero-order valence-corrected chi connectivity index (χ0v) is 9.78. The SMILES string of the molecule is C[C@H](N)C(=O)Nc1cc(C(=O)O)cc(C(F)(F)F)c1. The first-order valence-electron chi connectivity index (χ1n) is 5.13. The van der Waals surface area contributed by atoms with Crippen molar-refractivity contribution in [2.45, 2.75) is 19.1 Å². The fraction of sp³-hybridized carbons (Fsp3) is 0.273. The maximum Gasteiger partial charge on any atom is 0.416 e. The van der Waals surface area contributed by atoms with E-state index in [1.807, 2.05) is 0 Å². The summed E-state index contributed by atoms with van der Waals surface area (Å²) in [7, 11) is 0. The molecule has 1 aromatic rings. The number of halogens is 3. The smallest absolute Gasteiger partial charge is 0.416 e. The van der Waals surface area contributed by atoms with E-state index in [2.05, 4.69) is 5.32 Å². The molecule has 104 valence electrons. The molecule has 0 saturated heterocycles. The molecule has 1 rings (SSSR count). The lowest BCUT2D eigenvalue weighted by molar-refractivity contribution is -0.137. The van der Waals surface area contributed by atoms with Crippen LogP contribution >= 0.6 is 0 Å². The molecular formula is C11H11F3N2O3. The van der Waals surface area contributed by atoms with Gasteiger partial charge in [0.15, 0.2) is 0 Å². The molecule has 19 heavy (non-hydrogen) atoms. The zero-order chi connectivity index (χ0) is 14.8. The summed E-state index contributed by atoms with van der Waals surface area (Å²) in [5.41, 5.74) is 3.25. The van der Waals surface area contributed by atoms with E-state index in [0.717, 1.165) is 6.07 Å². The second kappa shape index (κ2) is 5.27. The third-order valence-corrected chi connectivity index (χ3v) is 2.19. The minimum Gasteiger partial charge on any atom is -0.478 e. The van der Waals surface area contributed by atoms with Gasteiger partial charge in [-0.2, -0.15) is 13.2 Å². The number of carboxylic acid groups (broad SMARTS) is 1. The molecule has 0 aliphatic heterocycles. The normalized spacial score (nSPS) is 12.9. The summed E-state index contributed by atoms with van der Waals surface area (Å²) < 4.78 is 37.7. The summed E-state index contributed by atoms with van der Waals surface area (Å²) in [6.45, 7) is 1.35. The summed E-state index contributed by atoms with van der Waals surface area (Å²) >= 11 is 0. The molecule has 0 fully saturated rings. The Morgan fingerprint density at radius 2 is 1.89 bits per heavy atom. The largest absolute Gasteiger partial charge is 0.478 e. The average molecular weight is 276 g/mol. The highest BCUT2D eigenvalue weighted by Gasteiger charge is 2.32. The lowest BCUT2D eigenvalue weighted by Crippen LogP contribution is -2.32. The summed E-state index contributed by atoms with van der Waals surface area (Å²) in [5, 5.41) is 10.9. The average Bonchev–Trinajstić information content (AvgIpc) is 2.27. The number of amides is 1. The predicted octanol–water partition coefficient (Wildman–Crippen LogP) is 1.69. The molecule has 8 heteroatoms. The first kappa shape index (κ1) is 15.0. The fourth-order valence-corrected chi connectivity index (χ4v) is 1.24. The maximum atomic E-state index is 12.6. The maximum absolute atomic E-state index is 12.6. The summed E-state index contributed by atoms with van der Waals surface area (Å²) in [6, 6.07) is 1.14. The van der Waals surface area contributed by atoms with E-state index < -0.39 is 35.2 Å². The van der Waals surface area contributed by atoms with Crippen LogP contribution in [-0.2, 0) is 11.0 Å². The highest BCUT2D eigenvalue weighted by atomic mass is 19.4. The second-order valence-electron chi connectivity index (χ2n) is 3.88. The standard InChI is InChI=1S/C11H11F3N2O3/c1-5(15)9(17)16-8-3-6(10(18)19)2-7(4-8)11(12,13)14/h2-5H,15H2,1H3,(H,16,17)(H,18,19)/t5-/m0/s1. The fourth-order valence-electron chi connectivity index (χ4n) is 1.24. The summed E-state index contributed by atoms with van der Waals surface area (Å²) in [6.07, 6.45) is -4.71. The van der Waals surface area contributed by atoms with Gasteiger partial charge in [0.2, 0.25) is 5.91 Å². The Hall–Kier alpha value is -2.09. The quantitative estimate of drug-likeness (QED) is 0.783. The predicted molar refractivity (Wildman–Crippen MR) is 60.7 cm³/mol. The molecule has 1 atom stereocenters. The van der Waals surface area contributed by atoms with Gasteiger partial charge in [0.1, 0.15) is 0 Å². The number of hydrogen-bond donors (Lipinski definition) is 3. The van der Waals surface area contributed by atoms with Crippen LogP contribution in [0.15, 0.2) is 18.2 Å². The minimum absolute atomic E-state index is 0.269. The Labute approximate surface area is 106 Å². The summed E-state index contributed by atoms with van der Waals surface area (Å²) in [4.78, 5) is 22.0. The number of nitrogens with two attached hydrogens (primary N) is 1. The number of aromatic carboxylic acids is 1. The number of carbonyl (C=O) groups is 2. The van der Waals surface area contributed by atoms with Gasteiger partial charge in [0.05, 0.1) is 17.2 Å². The van der Waals surface area contributed by atoms with Crippen LogP contribution in [0, 0.1) is 0 Å². The molecule has 0 unspecified atom stereocenters. The molecule has 0 aliphatic carbocycles. The van der Waals surface area contributed by atoms with Gasteiger partial charge in [0.25, 0.3) is 0 Å². The zero-order valence-electron chi connectivity index (χ0n) is 9.78. The Kier molecular flexibility index (Phi) is 4.15. The van der Waals surface area contributed by atoms with Crippen molar-refractivity contribution in [1.29, 1.82) is 0 Å². The minimum atomic E-state index is -4.71. The van der Waals surface area contributed by atoms with Gasteiger partial charge in [0, 0.05) is 5.69 Å². The van der Waals surface area contributed by atoms with Crippen molar-refractivity contribution in [2.75, 3.05) is 5.32 Å². The Morgan fingerprint density at radius 1 is 1.32 bits per heavy atom. The molecule has 0 spiro atoms. The van der Waals surface area contributed by atoms with Crippen LogP contribution in [0.5, 0.6) is 0 Å². The number of carboxylic acids is 1. The number of rotatable bonds is 3. The van der Waals surface area contributed by atoms with Gasteiger partial charge in [-0.15, -0.1) is 0 Å². The topological polar surface area (TPSA) is 92.4 Å². The number of anilines is 1. The van der Waals surface area contributed by atoms with E-state index in [1.54, 1.807) is 0 Å². The molecule has 5 nitrogen and oxygen atoms in total. The van der Waals surface area contributed by atoms with Gasteiger partial charge in [-0.1, -0.05) is 0 Å². The molecule has 0 radical (unpaired) electrons. The monoisotopic (exact) mass is 276 g/mol. The molecule has 4 N–H and O–H groups in total. The van der Waals surface area contributed by atoms with Gasteiger partial charge in [-0.3, -0.25) is 4.79 Å². The molecule has 0 aromatic heterocycles. The van der Waals surface area contributed by atoms with Gasteiger partial charge >= 0.3 is 12.1 Å². The number of nitrogens with one attached hydrogen (secondary N) is 1. The molecule has 1 amide bonds. The van der Waals surface area contributed by atoms with E-state index in [-0.39, 0.29) is 5.69 Å². The van der Waals surface area contributed by atoms with Crippen LogP contribution < -0.4 is 11.1 Å². The van der Waals surface area contributed by atoms with Gasteiger partial charge in [-0.05, 0) is 25.1 Å². The van der Waals surface area contributed by atoms with Gasteiger partial charge in [-0.25, -0.2) is 4.79 Å². The van der Waals surface area contributed by atoms with Crippen molar-refractivity contribution >= 4 is 17.6 Å². The number of hydrogen-bond acceptors (Lipinski definition) is 3. The molecule has 0 bridgehead atoms. The second-order valence-corrected chi connectivity index (χ2v) is 3.88. The van der Waals surface area contributed by atoms with Crippen molar-refractivity contribution in [3.63, 3.8) is 0 Å². The lowest BCUT2D eigenvalue weighted by Gasteiger charge is -2.12. The molecule has 0 heterocycles. The lowest BCUT2D eigenvalue weighted by atomic mass is 10.1. The van der Waals surface area contributed by atoms with Crippen molar-refractivity contribution in [3.05, 3.63) is 29.3 Å². The van der Waals surface area contributed by atoms with Crippen LogP contribution in [0.4, 0.5) is 18.9 Å². The van der Waals surface area contributed by atoms with Crippen LogP contribution in [0.2, 0.25) is 0 Å². The first-order valence-corrected chi connectivity index (χ1v) is 5.13. The molecule has 1 aromatic carbocycles. The number of carbonyl (C=O) groups excluding carboxylic acids is 1. The molecule has 0 aliphatic rings. The van der Waals surface area contributed by atoms with E-state index in [4.69, 9.17) is 10.8 Å². The van der Waals surface area contributed by atoms with Crippen LogP contribution in [0.3, 0.4) is 0 Å². The van der Waals surface area contributed by atoms with Crippen molar-refractivity contribution < 1.29 is 27.9 Å². The van der Waals surface area contributed by atoms with E-state index in [0.29, 0.717) is 12.1 Å². The van der Waals surface area contributed by atoms with E-state index >= 15 is 0 Å². The van der Waals surface area contributed by atoms with E-state index in [9.17, 15) is 22.8 Å². The van der Waals surface area contributed by atoms with Crippen LogP contribution in [0.1, 0.15) is 22.8 Å². The molecular weight excluding hydrogens is 265 g/mol. The Bertz CT molecular complexity index is 512. The van der Waals surface area contributed by atoms with E-state index in [1.165, 1.54) is 6.92 Å². The van der Waals surface area contributed by atoms with Gasteiger partial charge < -0.3 is 16.2 Å². The third-order valence-electron chi connectivity index (χ3n) is 2.19. The highest BCUT2D eigenvalue weighted by molar-refractivity contribution is 5.96. The van der Waals surface area contributed by atoms with Crippen LogP contribution in [-0.4, -0.2) is 23.0 Å². The Morgan fingerprint density at radius 3 is 2.32 bits per heavy atom. The number of alkyl halides is 3. The highest BCUT2D eigenvalue weighted by Crippen LogP contribution is 2.32. The number of benzene rings is 1. The Balaban J connectivity index is 3.21. The third kappa shape index (κ3) is 3.95.